The van der Waals surface area contributed by atoms with Crippen molar-refractivity contribution < 1.29 is 4.79 Å². The van der Waals surface area contributed by atoms with Crippen LogP contribution in [-0.4, -0.2) is 35.0 Å². The minimum Gasteiger partial charge on any atom is -0.381 e. The first-order chi connectivity index (χ1) is 8.16. The molecule has 5 nitrogen and oxygen atoms in total. The Hall–Kier alpha value is -1.78. The molecule has 2 amide bonds. The summed E-state index contributed by atoms with van der Waals surface area (Å²) in [5, 5.41) is 3.47. The minimum atomic E-state index is -0.319. The van der Waals surface area contributed by atoms with E-state index in [9.17, 15) is 4.79 Å². The number of primary amides is 1. The average molecular weight is 234 g/mol. The summed E-state index contributed by atoms with van der Waals surface area (Å²) in [6.45, 7) is 3.52. The van der Waals surface area contributed by atoms with Crippen molar-refractivity contribution in [2.75, 3.05) is 18.4 Å². The summed E-state index contributed by atoms with van der Waals surface area (Å²) in [5.41, 5.74) is 7.51. The standard InChI is InChI=1S/C12H18N4O/c1-9-2-5-14-8-11(9)15-10-3-6-16(7-4-10)12(13)17/h2,5,8,10,15H,3-4,6-7H2,1H3,(H2,13,17). The lowest BCUT2D eigenvalue weighted by atomic mass is 10.0. The van der Waals surface area contributed by atoms with Crippen molar-refractivity contribution in [2.45, 2.75) is 25.8 Å². The number of nitrogens with one attached hydrogen (secondary N) is 1. The van der Waals surface area contributed by atoms with E-state index < -0.39 is 0 Å². The molecule has 1 aromatic rings. The number of hydrogen-bond acceptors (Lipinski definition) is 3. The van der Waals surface area contributed by atoms with Crippen LogP contribution in [-0.2, 0) is 0 Å². The van der Waals surface area contributed by atoms with Gasteiger partial charge in [0.15, 0.2) is 0 Å². The number of nitrogens with zero attached hydrogens (tertiary/aromatic N) is 2. The summed E-state index contributed by atoms with van der Waals surface area (Å²) in [7, 11) is 0. The number of anilines is 1. The molecule has 2 heterocycles. The van der Waals surface area contributed by atoms with Gasteiger partial charge in [-0.3, -0.25) is 4.98 Å². The zero-order chi connectivity index (χ0) is 12.3. The Balaban J connectivity index is 1.90. The number of pyridine rings is 1. The summed E-state index contributed by atoms with van der Waals surface area (Å²) in [5.74, 6) is 0. The normalized spacial score (nSPS) is 16.9. The first kappa shape index (κ1) is 11.7. The fourth-order valence-corrected chi connectivity index (χ4v) is 2.08. The maximum absolute atomic E-state index is 11.0. The molecule has 92 valence electrons. The van der Waals surface area contributed by atoms with Crippen LogP contribution in [0.25, 0.3) is 0 Å². The number of nitrogens with two attached hydrogens (primary N) is 1. The van der Waals surface area contributed by atoms with E-state index in [0.29, 0.717) is 6.04 Å². The first-order valence-corrected chi connectivity index (χ1v) is 5.88. The van der Waals surface area contributed by atoms with Crippen LogP contribution >= 0.6 is 0 Å². The number of aryl methyl sites for hydroxylation is 1. The van der Waals surface area contributed by atoms with E-state index in [1.165, 1.54) is 5.56 Å². The number of rotatable bonds is 2. The van der Waals surface area contributed by atoms with Crippen LogP contribution in [0.15, 0.2) is 18.5 Å². The van der Waals surface area contributed by atoms with Crippen LogP contribution in [0, 0.1) is 6.92 Å². The third-order valence-corrected chi connectivity index (χ3v) is 3.21. The van der Waals surface area contributed by atoms with Gasteiger partial charge in [0.05, 0.1) is 11.9 Å². The SMILES string of the molecule is Cc1ccncc1NC1CCN(C(N)=O)CC1. The lowest BCUT2D eigenvalue weighted by molar-refractivity contribution is 0.193. The molecule has 1 saturated heterocycles. The van der Waals surface area contributed by atoms with E-state index in [1.807, 2.05) is 12.3 Å². The molecule has 1 aromatic heterocycles. The van der Waals surface area contributed by atoms with Gasteiger partial charge in [0.1, 0.15) is 0 Å². The quantitative estimate of drug-likeness (QED) is 0.811. The third kappa shape index (κ3) is 2.87. The molecule has 0 bridgehead atoms. The summed E-state index contributed by atoms with van der Waals surface area (Å²) in [4.78, 5) is 16.8. The van der Waals surface area contributed by atoms with E-state index in [2.05, 4.69) is 17.2 Å². The van der Waals surface area contributed by atoms with Gasteiger partial charge < -0.3 is 16.0 Å². The summed E-state index contributed by atoms with van der Waals surface area (Å²) in [6.07, 6.45) is 5.49. The average Bonchev–Trinajstić information content (AvgIpc) is 2.33. The molecule has 0 aliphatic carbocycles. The lowest BCUT2D eigenvalue weighted by Gasteiger charge is -2.31. The molecule has 17 heavy (non-hydrogen) atoms. The third-order valence-electron chi connectivity index (χ3n) is 3.21. The van der Waals surface area contributed by atoms with Gasteiger partial charge in [-0.25, -0.2) is 4.79 Å². The van der Waals surface area contributed by atoms with Crippen molar-refractivity contribution in [1.29, 1.82) is 0 Å². The van der Waals surface area contributed by atoms with Crippen LogP contribution in [0.3, 0.4) is 0 Å². The molecule has 5 heteroatoms. The van der Waals surface area contributed by atoms with E-state index in [0.717, 1.165) is 31.6 Å². The fourth-order valence-electron chi connectivity index (χ4n) is 2.08. The zero-order valence-corrected chi connectivity index (χ0v) is 10.0. The lowest BCUT2D eigenvalue weighted by Crippen LogP contribution is -2.44. The van der Waals surface area contributed by atoms with Gasteiger partial charge in [-0.15, -0.1) is 0 Å². The highest BCUT2D eigenvalue weighted by Gasteiger charge is 2.21. The van der Waals surface area contributed by atoms with Crippen molar-refractivity contribution >= 4 is 11.7 Å². The monoisotopic (exact) mass is 234 g/mol. The van der Waals surface area contributed by atoms with E-state index in [1.54, 1.807) is 11.1 Å². The number of carbonyl (C=O) groups excluding carboxylic acids is 1. The second-order valence-corrected chi connectivity index (χ2v) is 4.43. The molecule has 0 atom stereocenters. The second-order valence-electron chi connectivity index (χ2n) is 4.43. The van der Waals surface area contributed by atoms with Crippen molar-refractivity contribution in [3.8, 4) is 0 Å². The summed E-state index contributed by atoms with van der Waals surface area (Å²) >= 11 is 0. The molecule has 0 aromatic carbocycles. The van der Waals surface area contributed by atoms with Crippen LogP contribution in [0.2, 0.25) is 0 Å². The number of piperidine rings is 1. The number of hydrogen-bond donors (Lipinski definition) is 2. The van der Waals surface area contributed by atoms with Gasteiger partial charge in [-0.1, -0.05) is 0 Å². The van der Waals surface area contributed by atoms with Gasteiger partial charge in [0.25, 0.3) is 0 Å². The number of likely N-dealkylation sites (tertiary alicyclic amines) is 1. The minimum absolute atomic E-state index is 0.319. The molecule has 3 N–H and O–H groups in total. The van der Waals surface area contributed by atoms with Crippen molar-refractivity contribution in [2.24, 2.45) is 5.73 Å². The fraction of sp³-hybridized carbons (Fsp3) is 0.500. The Morgan fingerprint density at radius 3 is 2.82 bits per heavy atom. The van der Waals surface area contributed by atoms with Crippen molar-refractivity contribution in [3.63, 3.8) is 0 Å². The Morgan fingerprint density at radius 2 is 2.24 bits per heavy atom. The summed E-state index contributed by atoms with van der Waals surface area (Å²) < 4.78 is 0. The number of urea groups is 1. The van der Waals surface area contributed by atoms with E-state index in [-0.39, 0.29) is 6.03 Å². The highest BCUT2D eigenvalue weighted by Crippen LogP contribution is 2.18. The Kier molecular flexibility index (Phi) is 3.46. The highest BCUT2D eigenvalue weighted by molar-refractivity contribution is 5.72. The maximum Gasteiger partial charge on any atom is 0.314 e. The molecule has 1 aliphatic rings. The van der Waals surface area contributed by atoms with Gasteiger partial charge in [0, 0.05) is 25.3 Å². The van der Waals surface area contributed by atoms with Crippen LogP contribution in [0.4, 0.5) is 10.5 Å². The Labute approximate surface area is 101 Å². The molecular weight excluding hydrogens is 216 g/mol. The van der Waals surface area contributed by atoms with Crippen molar-refractivity contribution in [3.05, 3.63) is 24.0 Å². The summed E-state index contributed by atoms with van der Waals surface area (Å²) in [6, 6.07) is 2.07. The number of aromatic nitrogens is 1. The molecule has 0 saturated carbocycles. The highest BCUT2D eigenvalue weighted by atomic mass is 16.2. The second kappa shape index (κ2) is 5.03. The predicted molar refractivity (Wildman–Crippen MR) is 66.8 cm³/mol. The molecular formula is C12H18N4O. The molecule has 0 unspecified atom stereocenters. The predicted octanol–water partition coefficient (Wildman–Crippen LogP) is 1.35. The van der Waals surface area contributed by atoms with E-state index in [4.69, 9.17) is 5.73 Å². The zero-order valence-electron chi connectivity index (χ0n) is 10.0. The maximum atomic E-state index is 11.0. The largest absolute Gasteiger partial charge is 0.381 e. The van der Waals surface area contributed by atoms with E-state index >= 15 is 0 Å². The number of carbonyl (C=O) groups is 1. The first-order valence-electron chi connectivity index (χ1n) is 5.88. The molecule has 2 rings (SSSR count). The van der Waals surface area contributed by atoms with Gasteiger partial charge in [-0.2, -0.15) is 0 Å². The topological polar surface area (TPSA) is 71.2 Å². The molecule has 1 fully saturated rings. The Bertz CT molecular complexity index is 399. The van der Waals surface area contributed by atoms with Gasteiger partial charge in [-0.05, 0) is 31.4 Å². The van der Waals surface area contributed by atoms with Gasteiger partial charge in [0.2, 0.25) is 0 Å². The van der Waals surface area contributed by atoms with Crippen molar-refractivity contribution in [1.82, 2.24) is 9.88 Å². The van der Waals surface area contributed by atoms with Gasteiger partial charge >= 0.3 is 6.03 Å². The molecule has 0 radical (unpaired) electrons. The van der Waals surface area contributed by atoms with Crippen LogP contribution < -0.4 is 11.1 Å². The Morgan fingerprint density at radius 1 is 1.53 bits per heavy atom. The molecule has 1 aliphatic heterocycles. The number of amides is 2. The van der Waals surface area contributed by atoms with Crippen LogP contribution in [0.5, 0.6) is 0 Å². The smallest absolute Gasteiger partial charge is 0.314 e. The van der Waals surface area contributed by atoms with Crippen LogP contribution in [0.1, 0.15) is 18.4 Å². The molecule has 0 spiro atoms.